The summed E-state index contributed by atoms with van der Waals surface area (Å²) in [5.74, 6) is -1.86. The van der Waals surface area contributed by atoms with Gasteiger partial charge < -0.3 is 4.74 Å². The second-order valence-electron chi connectivity index (χ2n) is 4.78. The Bertz CT molecular complexity index is 601. The van der Waals surface area contributed by atoms with E-state index in [-0.39, 0.29) is 18.3 Å². The molecule has 0 radical (unpaired) electrons. The topological polar surface area (TPSA) is 99.7 Å². The fraction of sp³-hybridized carbons (Fsp3) is 0.500. The molecule has 1 aromatic heterocycles. The Kier molecular flexibility index (Phi) is 4.40. The molecule has 1 heterocycles. The van der Waals surface area contributed by atoms with Gasteiger partial charge in [-0.05, 0) is 25.7 Å². The Labute approximate surface area is 127 Å². The van der Waals surface area contributed by atoms with Crippen LogP contribution in [0.2, 0.25) is 5.02 Å². The molecule has 0 aromatic carbocycles. The van der Waals surface area contributed by atoms with E-state index in [1.165, 1.54) is 12.4 Å². The molecule has 1 aromatic rings. The van der Waals surface area contributed by atoms with Crippen molar-refractivity contribution in [3.05, 3.63) is 23.2 Å². The van der Waals surface area contributed by atoms with Crippen LogP contribution in [0.3, 0.4) is 0 Å². The maximum absolute atomic E-state index is 12.6. The Balaban J connectivity index is 2.61. The fourth-order valence-corrected chi connectivity index (χ4v) is 2.57. The fourth-order valence-electron chi connectivity index (χ4n) is 2.47. The number of hydrogen-bond acceptors (Lipinski definition) is 6. The van der Waals surface area contributed by atoms with Crippen LogP contribution in [0.5, 0.6) is 0 Å². The number of hydrogen-bond donors (Lipinski definition) is 0. The molecule has 21 heavy (non-hydrogen) atoms. The first kappa shape index (κ1) is 15.2. The van der Waals surface area contributed by atoms with Crippen molar-refractivity contribution in [1.29, 1.82) is 10.5 Å². The summed E-state index contributed by atoms with van der Waals surface area (Å²) in [7, 11) is 0. The molecule has 1 aliphatic rings. The number of esters is 1. The second kappa shape index (κ2) is 6.07. The van der Waals surface area contributed by atoms with Crippen molar-refractivity contribution in [3.8, 4) is 12.1 Å². The third-order valence-corrected chi connectivity index (χ3v) is 3.73. The van der Waals surface area contributed by atoms with Crippen molar-refractivity contribution in [2.75, 3.05) is 6.61 Å². The van der Waals surface area contributed by atoms with Gasteiger partial charge in [0.15, 0.2) is 11.3 Å². The molecule has 1 fully saturated rings. The predicted molar refractivity (Wildman–Crippen MR) is 72.8 cm³/mol. The van der Waals surface area contributed by atoms with Crippen LogP contribution in [0, 0.1) is 34.5 Å². The van der Waals surface area contributed by atoms with Gasteiger partial charge >= 0.3 is 5.97 Å². The highest BCUT2D eigenvalue weighted by Crippen LogP contribution is 2.51. The average molecular weight is 305 g/mol. The maximum atomic E-state index is 12.6. The van der Waals surface area contributed by atoms with E-state index >= 15 is 0 Å². The highest BCUT2D eigenvalue weighted by Gasteiger charge is 2.61. The van der Waals surface area contributed by atoms with Gasteiger partial charge in [0.2, 0.25) is 0 Å². The largest absolute Gasteiger partial charge is 0.465 e. The number of nitriles is 2. The lowest BCUT2D eigenvalue weighted by atomic mass is 9.71. The van der Waals surface area contributed by atoms with Gasteiger partial charge in [0.25, 0.3) is 0 Å². The maximum Gasteiger partial charge on any atom is 0.322 e. The molecule has 0 saturated heterocycles. The number of carbonyl (C=O) groups excluding carboxylic acids is 1. The van der Waals surface area contributed by atoms with Gasteiger partial charge in [0, 0.05) is 12.4 Å². The molecule has 0 amide bonds. The molecule has 0 spiro atoms. The van der Waals surface area contributed by atoms with Gasteiger partial charge in [0.1, 0.15) is 5.82 Å². The lowest BCUT2D eigenvalue weighted by Crippen LogP contribution is -2.47. The number of halogens is 1. The van der Waals surface area contributed by atoms with Crippen LogP contribution >= 0.6 is 11.6 Å². The summed E-state index contributed by atoms with van der Waals surface area (Å²) in [6.07, 6.45) is 4.16. The predicted octanol–water partition coefficient (Wildman–Crippen LogP) is 2.00. The van der Waals surface area contributed by atoms with Crippen molar-refractivity contribution in [3.63, 3.8) is 0 Å². The Morgan fingerprint density at radius 2 is 2.05 bits per heavy atom. The summed E-state index contributed by atoms with van der Waals surface area (Å²) in [6.45, 7) is 1.83. The first-order chi connectivity index (χ1) is 10.1. The highest BCUT2D eigenvalue weighted by atomic mass is 35.5. The van der Waals surface area contributed by atoms with Gasteiger partial charge in [-0.3, -0.25) is 4.79 Å². The molecule has 0 bridgehead atoms. The summed E-state index contributed by atoms with van der Waals surface area (Å²) < 4.78 is 5.12. The van der Waals surface area contributed by atoms with Crippen LogP contribution < -0.4 is 0 Å². The van der Waals surface area contributed by atoms with Crippen LogP contribution in [0.1, 0.15) is 25.6 Å². The number of nitrogens with zero attached hydrogens (tertiary/aromatic N) is 4. The molecule has 0 aliphatic heterocycles. The minimum Gasteiger partial charge on any atom is -0.465 e. The third-order valence-electron chi connectivity index (χ3n) is 3.54. The van der Waals surface area contributed by atoms with E-state index in [1.54, 1.807) is 6.92 Å². The average Bonchev–Trinajstić information content (AvgIpc) is 3.31. The van der Waals surface area contributed by atoms with E-state index < -0.39 is 17.3 Å². The Hall–Kier alpha value is -2.18. The van der Waals surface area contributed by atoms with Crippen molar-refractivity contribution >= 4 is 17.6 Å². The first-order valence-corrected chi connectivity index (χ1v) is 6.93. The molecular weight excluding hydrogens is 292 g/mol. The monoisotopic (exact) mass is 304 g/mol. The summed E-state index contributed by atoms with van der Waals surface area (Å²) in [4.78, 5) is 20.7. The third kappa shape index (κ3) is 2.55. The van der Waals surface area contributed by atoms with Crippen molar-refractivity contribution in [2.45, 2.75) is 25.2 Å². The Morgan fingerprint density at radius 1 is 1.48 bits per heavy atom. The zero-order valence-corrected chi connectivity index (χ0v) is 12.2. The second-order valence-corrected chi connectivity index (χ2v) is 5.22. The SMILES string of the molecule is CCOC(=O)[C@@](c1ncc(Cl)cn1)(C(C#N)C#N)C1CC1. The lowest BCUT2D eigenvalue weighted by molar-refractivity contribution is -0.152. The molecule has 7 heteroatoms. The van der Waals surface area contributed by atoms with Crippen molar-refractivity contribution in [2.24, 2.45) is 11.8 Å². The lowest BCUT2D eigenvalue weighted by Gasteiger charge is -2.30. The van der Waals surface area contributed by atoms with Gasteiger partial charge in [-0.25, -0.2) is 9.97 Å². The molecule has 108 valence electrons. The van der Waals surface area contributed by atoms with E-state index in [9.17, 15) is 15.3 Å². The van der Waals surface area contributed by atoms with Crippen LogP contribution in [-0.4, -0.2) is 22.5 Å². The minimum atomic E-state index is -1.44. The molecule has 1 saturated carbocycles. The van der Waals surface area contributed by atoms with Gasteiger partial charge in [0.05, 0.1) is 23.8 Å². The number of aromatic nitrogens is 2. The van der Waals surface area contributed by atoms with Crippen LogP contribution in [0.4, 0.5) is 0 Å². The molecule has 2 rings (SSSR count). The van der Waals surface area contributed by atoms with Crippen LogP contribution in [0.25, 0.3) is 0 Å². The Morgan fingerprint density at radius 3 is 2.48 bits per heavy atom. The standard InChI is InChI=1S/C14H13ClN4O2/c1-2-21-13(20)14(9-3-4-9,10(5-16)6-17)12-18-7-11(15)8-19-12/h7-10H,2-4H2,1H3/t14-/m1/s1. The highest BCUT2D eigenvalue weighted by molar-refractivity contribution is 6.30. The molecule has 1 atom stereocenters. The molecule has 0 unspecified atom stereocenters. The van der Waals surface area contributed by atoms with Crippen LogP contribution in [0.15, 0.2) is 12.4 Å². The van der Waals surface area contributed by atoms with E-state index in [0.29, 0.717) is 5.02 Å². The molecule has 0 N–H and O–H groups in total. The van der Waals surface area contributed by atoms with Crippen molar-refractivity contribution in [1.82, 2.24) is 9.97 Å². The molecule has 6 nitrogen and oxygen atoms in total. The number of ether oxygens (including phenoxy) is 1. The van der Waals surface area contributed by atoms with E-state index in [0.717, 1.165) is 12.8 Å². The molecule has 1 aliphatic carbocycles. The van der Waals surface area contributed by atoms with Gasteiger partial charge in [-0.1, -0.05) is 11.6 Å². The zero-order chi connectivity index (χ0) is 15.5. The summed E-state index contributed by atoms with van der Waals surface area (Å²) in [5, 5.41) is 18.9. The smallest absolute Gasteiger partial charge is 0.322 e. The summed E-state index contributed by atoms with van der Waals surface area (Å²) in [5.41, 5.74) is -1.44. The van der Waals surface area contributed by atoms with E-state index in [2.05, 4.69) is 9.97 Å². The summed E-state index contributed by atoms with van der Waals surface area (Å²) >= 11 is 5.77. The number of rotatable bonds is 5. The van der Waals surface area contributed by atoms with Gasteiger partial charge in [-0.2, -0.15) is 10.5 Å². The minimum absolute atomic E-state index is 0.126. The molecular formula is C14H13ClN4O2. The van der Waals surface area contributed by atoms with E-state index in [1.807, 2.05) is 12.1 Å². The van der Waals surface area contributed by atoms with Crippen molar-refractivity contribution < 1.29 is 9.53 Å². The van der Waals surface area contributed by atoms with Gasteiger partial charge in [-0.15, -0.1) is 0 Å². The zero-order valence-electron chi connectivity index (χ0n) is 11.4. The first-order valence-electron chi connectivity index (χ1n) is 6.55. The summed E-state index contributed by atoms with van der Waals surface area (Å²) in [6, 6.07) is 3.78. The normalized spacial score (nSPS) is 16.6. The number of carbonyl (C=O) groups is 1. The quantitative estimate of drug-likeness (QED) is 0.771. The van der Waals surface area contributed by atoms with E-state index in [4.69, 9.17) is 16.3 Å². The van der Waals surface area contributed by atoms with Crippen LogP contribution in [-0.2, 0) is 14.9 Å².